The molecule has 1 aliphatic rings. The fraction of sp³-hybridized carbons (Fsp3) is 0.667. The van der Waals surface area contributed by atoms with Crippen molar-refractivity contribution in [3.63, 3.8) is 0 Å². The van der Waals surface area contributed by atoms with E-state index in [9.17, 15) is 4.79 Å². The molecule has 1 heterocycles. The minimum atomic E-state index is -0.768. The van der Waals surface area contributed by atoms with Gasteiger partial charge in [-0.05, 0) is 39.5 Å². The molecule has 5 heteroatoms. The molecule has 110 valence electrons. The largest absolute Gasteiger partial charge is 0.481 e. The SMILES string of the molecule is CC(C)N(CCC(=O)O)c1ncnc2c1CCCCC2. The van der Waals surface area contributed by atoms with E-state index >= 15 is 0 Å². The quantitative estimate of drug-likeness (QED) is 0.837. The maximum atomic E-state index is 10.8. The number of aliphatic carboxylic acids is 1. The highest BCUT2D eigenvalue weighted by molar-refractivity contribution is 5.67. The van der Waals surface area contributed by atoms with Crippen molar-refractivity contribution in [2.24, 2.45) is 0 Å². The summed E-state index contributed by atoms with van der Waals surface area (Å²) in [5, 5.41) is 8.92. The number of nitrogens with zero attached hydrogens (tertiary/aromatic N) is 3. The number of aromatic nitrogens is 2. The Bertz CT molecular complexity index is 474. The normalized spacial score (nSPS) is 14.8. The van der Waals surface area contributed by atoms with E-state index in [1.54, 1.807) is 6.33 Å². The van der Waals surface area contributed by atoms with Crippen LogP contribution in [0.1, 0.15) is 50.8 Å². The average Bonchev–Trinajstić information content (AvgIpc) is 2.63. The van der Waals surface area contributed by atoms with Crippen LogP contribution in [0.15, 0.2) is 6.33 Å². The zero-order valence-electron chi connectivity index (χ0n) is 12.3. The molecule has 0 atom stereocenters. The molecule has 0 radical (unpaired) electrons. The first-order chi connectivity index (χ1) is 9.59. The highest BCUT2D eigenvalue weighted by Crippen LogP contribution is 2.27. The zero-order chi connectivity index (χ0) is 14.5. The molecule has 5 nitrogen and oxygen atoms in total. The molecule has 0 fully saturated rings. The maximum absolute atomic E-state index is 10.8. The number of rotatable bonds is 5. The molecule has 0 amide bonds. The fourth-order valence-corrected chi connectivity index (χ4v) is 2.75. The Labute approximate surface area is 120 Å². The summed E-state index contributed by atoms with van der Waals surface area (Å²) in [5.41, 5.74) is 2.37. The molecular weight excluding hydrogens is 254 g/mol. The van der Waals surface area contributed by atoms with Gasteiger partial charge in [-0.2, -0.15) is 0 Å². The van der Waals surface area contributed by atoms with Crippen molar-refractivity contribution < 1.29 is 9.90 Å². The van der Waals surface area contributed by atoms with E-state index in [1.165, 1.54) is 18.4 Å². The Morgan fingerprint density at radius 1 is 1.30 bits per heavy atom. The van der Waals surface area contributed by atoms with Crippen LogP contribution in [0.25, 0.3) is 0 Å². The highest BCUT2D eigenvalue weighted by Gasteiger charge is 2.21. The minimum Gasteiger partial charge on any atom is -0.481 e. The Kier molecular flexibility index (Phi) is 4.93. The summed E-state index contributed by atoms with van der Waals surface area (Å²) in [6, 6.07) is 0.233. The van der Waals surface area contributed by atoms with Crippen molar-refractivity contribution >= 4 is 11.8 Å². The number of carboxylic acid groups (broad SMARTS) is 1. The van der Waals surface area contributed by atoms with Gasteiger partial charge < -0.3 is 10.0 Å². The molecule has 0 unspecified atom stereocenters. The van der Waals surface area contributed by atoms with Crippen LogP contribution in [-0.2, 0) is 17.6 Å². The van der Waals surface area contributed by atoms with Gasteiger partial charge in [0.15, 0.2) is 0 Å². The third-order valence-electron chi connectivity index (χ3n) is 3.81. The van der Waals surface area contributed by atoms with E-state index in [-0.39, 0.29) is 12.5 Å². The molecule has 0 aromatic carbocycles. The lowest BCUT2D eigenvalue weighted by atomic mass is 10.1. The second-order valence-electron chi connectivity index (χ2n) is 5.61. The molecule has 0 saturated carbocycles. The number of hydrogen-bond donors (Lipinski definition) is 1. The van der Waals surface area contributed by atoms with Crippen LogP contribution in [0, 0.1) is 0 Å². The van der Waals surface area contributed by atoms with Crippen LogP contribution in [0.4, 0.5) is 5.82 Å². The van der Waals surface area contributed by atoms with Crippen molar-refractivity contribution in [3.05, 3.63) is 17.6 Å². The number of carbonyl (C=O) groups is 1. The summed E-state index contributed by atoms with van der Waals surface area (Å²) in [7, 11) is 0. The minimum absolute atomic E-state index is 0.136. The zero-order valence-corrected chi connectivity index (χ0v) is 12.3. The van der Waals surface area contributed by atoms with E-state index in [0.717, 1.165) is 30.8 Å². The number of aryl methyl sites for hydroxylation is 1. The van der Waals surface area contributed by atoms with Crippen LogP contribution >= 0.6 is 0 Å². The number of anilines is 1. The third kappa shape index (κ3) is 3.46. The smallest absolute Gasteiger partial charge is 0.305 e. The summed E-state index contributed by atoms with van der Waals surface area (Å²) in [6.45, 7) is 4.65. The van der Waals surface area contributed by atoms with Crippen LogP contribution in [0.5, 0.6) is 0 Å². The van der Waals surface area contributed by atoms with E-state index in [2.05, 4.69) is 28.7 Å². The second kappa shape index (κ2) is 6.68. The van der Waals surface area contributed by atoms with Crippen molar-refractivity contribution in [1.82, 2.24) is 9.97 Å². The first kappa shape index (κ1) is 14.8. The molecule has 1 aromatic rings. The van der Waals surface area contributed by atoms with Crippen LogP contribution in [0.3, 0.4) is 0 Å². The van der Waals surface area contributed by atoms with E-state index in [4.69, 9.17) is 5.11 Å². The van der Waals surface area contributed by atoms with Crippen LogP contribution < -0.4 is 4.90 Å². The van der Waals surface area contributed by atoms with Crippen LogP contribution in [0.2, 0.25) is 0 Å². The Morgan fingerprint density at radius 2 is 2.05 bits per heavy atom. The van der Waals surface area contributed by atoms with Gasteiger partial charge in [0, 0.05) is 23.8 Å². The van der Waals surface area contributed by atoms with E-state index in [1.807, 2.05) is 0 Å². The summed E-state index contributed by atoms with van der Waals surface area (Å²) < 4.78 is 0. The molecular formula is C15H23N3O2. The highest BCUT2D eigenvalue weighted by atomic mass is 16.4. The summed E-state index contributed by atoms with van der Waals surface area (Å²) in [5.74, 6) is 0.170. The third-order valence-corrected chi connectivity index (χ3v) is 3.81. The topological polar surface area (TPSA) is 66.3 Å². The number of hydrogen-bond acceptors (Lipinski definition) is 4. The van der Waals surface area contributed by atoms with E-state index in [0.29, 0.717) is 6.54 Å². The second-order valence-corrected chi connectivity index (χ2v) is 5.61. The van der Waals surface area contributed by atoms with Gasteiger partial charge in [-0.15, -0.1) is 0 Å². The molecule has 2 rings (SSSR count). The van der Waals surface area contributed by atoms with Gasteiger partial charge in [0.1, 0.15) is 12.1 Å². The molecule has 0 spiro atoms. The number of carboxylic acids is 1. The van der Waals surface area contributed by atoms with Gasteiger partial charge in [-0.1, -0.05) is 6.42 Å². The van der Waals surface area contributed by atoms with Gasteiger partial charge in [0.05, 0.1) is 6.42 Å². The van der Waals surface area contributed by atoms with Crippen molar-refractivity contribution in [2.45, 2.75) is 58.4 Å². The van der Waals surface area contributed by atoms with Gasteiger partial charge in [-0.25, -0.2) is 9.97 Å². The molecule has 1 N–H and O–H groups in total. The lowest BCUT2D eigenvalue weighted by Crippen LogP contribution is -2.34. The first-order valence-corrected chi connectivity index (χ1v) is 7.40. The lowest BCUT2D eigenvalue weighted by Gasteiger charge is -2.29. The van der Waals surface area contributed by atoms with Crippen LogP contribution in [-0.4, -0.2) is 33.6 Å². The first-order valence-electron chi connectivity index (χ1n) is 7.40. The standard InChI is InChI=1S/C15H23N3O2/c1-11(2)18(9-8-14(19)20)15-12-6-4-3-5-7-13(12)16-10-17-15/h10-11H,3-9H2,1-2H3,(H,19,20). The van der Waals surface area contributed by atoms with Crippen molar-refractivity contribution in [3.8, 4) is 0 Å². The molecule has 0 bridgehead atoms. The maximum Gasteiger partial charge on any atom is 0.305 e. The van der Waals surface area contributed by atoms with Gasteiger partial charge in [-0.3, -0.25) is 4.79 Å². The average molecular weight is 277 g/mol. The Morgan fingerprint density at radius 3 is 2.75 bits per heavy atom. The monoisotopic (exact) mass is 277 g/mol. The summed E-state index contributed by atoms with van der Waals surface area (Å²) >= 11 is 0. The van der Waals surface area contributed by atoms with Crippen molar-refractivity contribution in [1.29, 1.82) is 0 Å². The number of fused-ring (bicyclic) bond motifs is 1. The summed E-state index contributed by atoms with van der Waals surface area (Å²) in [4.78, 5) is 21.8. The van der Waals surface area contributed by atoms with Crippen molar-refractivity contribution in [2.75, 3.05) is 11.4 Å². The lowest BCUT2D eigenvalue weighted by molar-refractivity contribution is -0.136. The van der Waals surface area contributed by atoms with Gasteiger partial charge in [0.2, 0.25) is 0 Å². The Hall–Kier alpha value is -1.65. The molecule has 0 aliphatic heterocycles. The predicted octanol–water partition coefficient (Wildman–Crippen LogP) is 2.44. The van der Waals surface area contributed by atoms with E-state index < -0.39 is 5.97 Å². The predicted molar refractivity (Wildman–Crippen MR) is 78.0 cm³/mol. The van der Waals surface area contributed by atoms with Gasteiger partial charge in [0.25, 0.3) is 0 Å². The summed E-state index contributed by atoms with van der Waals surface area (Å²) in [6.07, 6.45) is 7.34. The fourth-order valence-electron chi connectivity index (χ4n) is 2.75. The molecule has 1 aliphatic carbocycles. The molecule has 0 saturated heterocycles. The molecule has 1 aromatic heterocycles. The molecule has 20 heavy (non-hydrogen) atoms. The van der Waals surface area contributed by atoms with Gasteiger partial charge >= 0.3 is 5.97 Å². The Balaban J connectivity index is 2.30.